The Morgan fingerprint density at radius 1 is 1.37 bits per heavy atom. The molecule has 1 amide bonds. The fourth-order valence-electron chi connectivity index (χ4n) is 1.90. The molecule has 0 saturated carbocycles. The lowest BCUT2D eigenvalue weighted by molar-refractivity contribution is -0.126. The molecule has 19 heavy (non-hydrogen) atoms. The highest BCUT2D eigenvalue weighted by atomic mass is 32.2. The van der Waals surface area contributed by atoms with E-state index >= 15 is 0 Å². The van der Waals surface area contributed by atoms with E-state index in [-0.39, 0.29) is 11.9 Å². The predicted molar refractivity (Wildman–Crippen MR) is 84.2 cm³/mol. The predicted octanol–water partition coefficient (Wildman–Crippen LogP) is 2.33. The molecule has 1 saturated heterocycles. The number of hydrogen-bond donors (Lipinski definition) is 1. The minimum atomic E-state index is -0.172. The second-order valence-electron chi connectivity index (χ2n) is 4.70. The molecule has 1 aromatic rings. The van der Waals surface area contributed by atoms with Gasteiger partial charge in [0.1, 0.15) is 6.04 Å². The Morgan fingerprint density at radius 2 is 2.05 bits per heavy atom. The summed E-state index contributed by atoms with van der Waals surface area (Å²) in [7, 11) is 0. The van der Waals surface area contributed by atoms with Crippen molar-refractivity contribution < 1.29 is 4.79 Å². The minimum absolute atomic E-state index is 0.0842. The van der Waals surface area contributed by atoms with Crippen molar-refractivity contribution in [2.75, 3.05) is 12.3 Å². The largest absolute Gasteiger partial charge is 0.351 e. The highest BCUT2D eigenvalue weighted by Crippen LogP contribution is 2.14. The highest BCUT2D eigenvalue weighted by molar-refractivity contribution is 7.98. The summed E-state index contributed by atoms with van der Waals surface area (Å²) in [4.78, 5) is 13.5. The van der Waals surface area contributed by atoms with Gasteiger partial charge in [0.25, 0.3) is 5.91 Å². The van der Waals surface area contributed by atoms with Gasteiger partial charge in [-0.1, -0.05) is 29.8 Å². The first-order chi connectivity index (χ1) is 9.08. The van der Waals surface area contributed by atoms with Crippen molar-refractivity contribution in [3.63, 3.8) is 0 Å². The molecule has 0 aliphatic carbocycles. The quantitative estimate of drug-likeness (QED) is 0.667. The zero-order valence-electron chi connectivity index (χ0n) is 11.2. The van der Waals surface area contributed by atoms with Crippen LogP contribution < -0.4 is 5.32 Å². The molecule has 0 unspecified atom stereocenters. The fourth-order valence-corrected chi connectivity index (χ4v) is 3.14. The number of carbonyl (C=O) groups is 1. The SMILES string of the molecule is Cc1ccc(CSCCN2C(=O)[C@H](C)NC2=S)cc1. The maximum atomic E-state index is 11.8. The normalized spacial score (nSPS) is 18.8. The summed E-state index contributed by atoms with van der Waals surface area (Å²) in [5.74, 6) is 1.95. The smallest absolute Gasteiger partial charge is 0.251 e. The van der Waals surface area contributed by atoms with Crippen molar-refractivity contribution in [1.29, 1.82) is 0 Å². The van der Waals surface area contributed by atoms with Gasteiger partial charge in [0, 0.05) is 18.1 Å². The topological polar surface area (TPSA) is 32.3 Å². The van der Waals surface area contributed by atoms with Crippen LogP contribution in [0.3, 0.4) is 0 Å². The van der Waals surface area contributed by atoms with Gasteiger partial charge in [-0.2, -0.15) is 11.8 Å². The molecule has 1 atom stereocenters. The average Bonchev–Trinajstić information content (AvgIpc) is 2.62. The molecule has 5 heteroatoms. The van der Waals surface area contributed by atoms with E-state index in [1.165, 1.54) is 11.1 Å². The molecule has 102 valence electrons. The number of thioether (sulfide) groups is 1. The first-order valence-electron chi connectivity index (χ1n) is 6.33. The van der Waals surface area contributed by atoms with Crippen LogP contribution in [0.2, 0.25) is 0 Å². The van der Waals surface area contributed by atoms with E-state index < -0.39 is 0 Å². The van der Waals surface area contributed by atoms with Crippen molar-refractivity contribution in [1.82, 2.24) is 10.2 Å². The fraction of sp³-hybridized carbons (Fsp3) is 0.429. The van der Waals surface area contributed by atoms with Crippen LogP contribution in [-0.4, -0.2) is 34.3 Å². The second kappa shape index (κ2) is 6.39. The molecule has 1 aromatic carbocycles. The van der Waals surface area contributed by atoms with Gasteiger partial charge in [0.05, 0.1) is 0 Å². The number of aryl methyl sites for hydroxylation is 1. The summed E-state index contributed by atoms with van der Waals surface area (Å²) in [6.45, 7) is 4.62. The lowest BCUT2D eigenvalue weighted by Gasteiger charge is -2.14. The molecule has 1 fully saturated rings. The van der Waals surface area contributed by atoms with Crippen LogP contribution in [0.15, 0.2) is 24.3 Å². The van der Waals surface area contributed by atoms with E-state index in [0.717, 1.165) is 11.5 Å². The number of nitrogens with zero attached hydrogens (tertiary/aromatic N) is 1. The number of nitrogens with one attached hydrogen (secondary N) is 1. The summed E-state index contributed by atoms with van der Waals surface area (Å²) in [5, 5.41) is 3.54. The maximum absolute atomic E-state index is 11.8. The van der Waals surface area contributed by atoms with Gasteiger partial charge in [0.15, 0.2) is 5.11 Å². The lowest BCUT2D eigenvalue weighted by atomic mass is 10.2. The zero-order chi connectivity index (χ0) is 13.8. The molecule has 3 nitrogen and oxygen atoms in total. The van der Waals surface area contributed by atoms with Crippen LogP contribution in [0.1, 0.15) is 18.1 Å². The minimum Gasteiger partial charge on any atom is -0.351 e. The number of amides is 1. The molecule has 1 aliphatic rings. The molecule has 2 rings (SSSR count). The third kappa shape index (κ3) is 3.70. The van der Waals surface area contributed by atoms with Crippen LogP contribution in [0, 0.1) is 6.92 Å². The van der Waals surface area contributed by atoms with Crippen molar-refractivity contribution in [3.05, 3.63) is 35.4 Å². The number of thiocarbonyl (C=S) groups is 1. The van der Waals surface area contributed by atoms with Gasteiger partial charge >= 0.3 is 0 Å². The molecule has 0 spiro atoms. The molecular weight excluding hydrogens is 276 g/mol. The first kappa shape index (κ1) is 14.3. The summed E-state index contributed by atoms with van der Waals surface area (Å²) in [6, 6.07) is 8.38. The zero-order valence-corrected chi connectivity index (χ0v) is 12.8. The van der Waals surface area contributed by atoms with E-state index in [2.05, 4.69) is 36.5 Å². The molecule has 1 aliphatic heterocycles. The van der Waals surface area contributed by atoms with Gasteiger partial charge in [-0.05, 0) is 31.6 Å². The van der Waals surface area contributed by atoms with E-state index in [1.54, 1.807) is 4.90 Å². The number of rotatable bonds is 5. The number of hydrogen-bond acceptors (Lipinski definition) is 3. The van der Waals surface area contributed by atoms with E-state index in [1.807, 2.05) is 18.7 Å². The van der Waals surface area contributed by atoms with Crippen molar-refractivity contribution >= 4 is 35.0 Å². The Kier molecular flexibility index (Phi) is 4.82. The molecule has 0 radical (unpaired) electrons. The Bertz CT molecular complexity index is 473. The third-order valence-electron chi connectivity index (χ3n) is 3.07. The first-order valence-corrected chi connectivity index (χ1v) is 7.89. The van der Waals surface area contributed by atoms with Crippen LogP contribution in [0.4, 0.5) is 0 Å². The van der Waals surface area contributed by atoms with Crippen LogP contribution >= 0.6 is 24.0 Å². The van der Waals surface area contributed by atoms with E-state index in [9.17, 15) is 4.79 Å². The van der Waals surface area contributed by atoms with Gasteiger partial charge in [-0.25, -0.2) is 0 Å². The summed E-state index contributed by atoms with van der Waals surface area (Å²) >= 11 is 6.96. The Labute approximate surface area is 123 Å². The number of benzene rings is 1. The number of carbonyl (C=O) groups excluding carboxylic acids is 1. The maximum Gasteiger partial charge on any atom is 0.251 e. The van der Waals surface area contributed by atoms with Gasteiger partial charge in [-0.3, -0.25) is 9.69 Å². The van der Waals surface area contributed by atoms with E-state index in [0.29, 0.717) is 11.7 Å². The van der Waals surface area contributed by atoms with E-state index in [4.69, 9.17) is 12.2 Å². The van der Waals surface area contributed by atoms with Crippen molar-refractivity contribution in [3.8, 4) is 0 Å². The standard InChI is InChI=1S/C14H18N2OS2/c1-10-3-5-12(6-4-10)9-19-8-7-16-13(17)11(2)15-14(16)18/h3-6,11H,7-9H2,1-2H3,(H,15,18)/t11-/m0/s1. The van der Waals surface area contributed by atoms with Gasteiger partial charge in [-0.15, -0.1) is 0 Å². The average molecular weight is 294 g/mol. The van der Waals surface area contributed by atoms with Crippen LogP contribution in [0.5, 0.6) is 0 Å². The monoisotopic (exact) mass is 294 g/mol. The molecule has 0 bridgehead atoms. The Morgan fingerprint density at radius 3 is 2.63 bits per heavy atom. The van der Waals surface area contributed by atoms with Crippen molar-refractivity contribution in [2.45, 2.75) is 25.6 Å². The Balaban J connectivity index is 1.74. The third-order valence-corrected chi connectivity index (χ3v) is 4.42. The summed E-state index contributed by atoms with van der Waals surface area (Å²) < 4.78 is 0. The second-order valence-corrected chi connectivity index (χ2v) is 6.19. The van der Waals surface area contributed by atoms with Crippen LogP contribution in [-0.2, 0) is 10.5 Å². The summed E-state index contributed by atoms with van der Waals surface area (Å²) in [6.07, 6.45) is 0. The van der Waals surface area contributed by atoms with Gasteiger partial charge in [0.2, 0.25) is 0 Å². The highest BCUT2D eigenvalue weighted by Gasteiger charge is 2.31. The van der Waals surface area contributed by atoms with Crippen molar-refractivity contribution in [2.24, 2.45) is 0 Å². The lowest BCUT2D eigenvalue weighted by Crippen LogP contribution is -2.33. The molecule has 1 heterocycles. The Hall–Kier alpha value is -1.07. The van der Waals surface area contributed by atoms with Crippen LogP contribution in [0.25, 0.3) is 0 Å². The van der Waals surface area contributed by atoms with Gasteiger partial charge < -0.3 is 5.32 Å². The summed E-state index contributed by atoms with van der Waals surface area (Å²) in [5.41, 5.74) is 2.60. The molecule has 1 N–H and O–H groups in total. The molecular formula is C14H18N2OS2. The molecule has 0 aromatic heterocycles.